The lowest BCUT2D eigenvalue weighted by Gasteiger charge is -2.23. The van der Waals surface area contributed by atoms with E-state index in [1.54, 1.807) is 0 Å². The van der Waals surface area contributed by atoms with Crippen molar-refractivity contribution in [1.29, 1.82) is 0 Å². The van der Waals surface area contributed by atoms with Crippen LogP contribution in [0.3, 0.4) is 0 Å². The Labute approximate surface area is 92.2 Å². The van der Waals surface area contributed by atoms with Gasteiger partial charge < -0.3 is 16.0 Å². The van der Waals surface area contributed by atoms with Crippen molar-refractivity contribution in [2.24, 2.45) is 11.7 Å². The Morgan fingerprint density at radius 3 is 2.47 bits per heavy atom. The summed E-state index contributed by atoms with van der Waals surface area (Å²) in [5, 5.41) is 3.36. The van der Waals surface area contributed by atoms with Crippen LogP contribution in [0, 0.1) is 5.92 Å². The molecule has 0 aromatic carbocycles. The van der Waals surface area contributed by atoms with Gasteiger partial charge in [-0.1, -0.05) is 13.8 Å². The third kappa shape index (κ3) is 3.18. The van der Waals surface area contributed by atoms with Gasteiger partial charge in [-0.3, -0.25) is 4.79 Å². The van der Waals surface area contributed by atoms with E-state index in [0.29, 0.717) is 12.1 Å². The minimum absolute atomic E-state index is 0.200. The number of amides is 1. The minimum Gasteiger partial charge on any atom is -0.368 e. The van der Waals surface area contributed by atoms with E-state index in [0.717, 1.165) is 13.0 Å². The van der Waals surface area contributed by atoms with Gasteiger partial charge in [0.2, 0.25) is 5.91 Å². The Morgan fingerprint density at radius 2 is 2.13 bits per heavy atom. The molecule has 1 fully saturated rings. The summed E-state index contributed by atoms with van der Waals surface area (Å²) in [7, 11) is 2.11. The molecule has 1 heterocycles. The summed E-state index contributed by atoms with van der Waals surface area (Å²) in [6.45, 7) is 7.24. The Bertz CT molecular complexity index is 220. The summed E-state index contributed by atoms with van der Waals surface area (Å²) < 4.78 is 0. The Morgan fingerprint density at radius 1 is 1.53 bits per heavy atom. The van der Waals surface area contributed by atoms with Gasteiger partial charge in [0.25, 0.3) is 0 Å². The minimum atomic E-state index is -0.243. The average Bonchev–Trinajstić information content (AvgIpc) is 2.41. The second-order valence-electron chi connectivity index (χ2n) is 5.01. The predicted molar refractivity (Wildman–Crippen MR) is 61.5 cm³/mol. The first-order valence-corrected chi connectivity index (χ1v) is 5.67. The lowest BCUT2D eigenvalue weighted by atomic mass is 10.0. The van der Waals surface area contributed by atoms with E-state index in [9.17, 15) is 4.79 Å². The number of carbonyl (C=O) groups is 1. The normalized spacial score (nSPS) is 29.7. The summed E-state index contributed by atoms with van der Waals surface area (Å²) in [6.07, 6.45) is 1.09. The van der Waals surface area contributed by atoms with Crippen molar-refractivity contribution in [1.82, 2.24) is 10.2 Å². The molecule has 0 aromatic heterocycles. The fraction of sp³-hybridized carbons (Fsp3) is 0.909. The van der Waals surface area contributed by atoms with Gasteiger partial charge in [0.1, 0.15) is 0 Å². The van der Waals surface area contributed by atoms with Gasteiger partial charge >= 0.3 is 0 Å². The molecule has 3 N–H and O–H groups in total. The monoisotopic (exact) mass is 213 g/mol. The first-order valence-electron chi connectivity index (χ1n) is 5.67. The van der Waals surface area contributed by atoms with Crippen LogP contribution >= 0.6 is 0 Å². The first kappa shape index (κ1) is 12.5. The zero-order chi connectivity index (χ0) is 11.6. The molecule has 0 bridgehead atoms. The zero-order valence-electron chi connectivity index (χ0n) is 10.2. The average molecular weight is 213 g/mol. The molecule has 3 atom stereocenters. The van der Waals surface area contributed by atoms with Crippen molar-refractivity contribution in [3.8, 4) is 0 Å². The van der Waals surface area contributed by atoms with E-state index < -0.39 is 0 Å². The highest BCUT2D eigenvalue weighted by atomic mass is 16.1. The molecule has 0 aliphatic carbocycles. The number of primary amides is 1. The van der Waals surface area contributed by atoms with Crippen molar-refractivity contribution in [2.75, 3.05) is 13.6 Å². The Kier molecular flexibility index (Phi) is 4.11. The van der Waals surface area contributed by atoms with E-state index in [1.165, 1.54) is 0 Å². The van der Waals surface area contributed by atoms with Crippen LogP contribution in [0.2, 0.25) is 0 Å². The molecule has 15 heavy (non-hydrogen) atoms. The molecule has 4 heteroatoms. The summed E-state index contributed by atoms with van der Waals surface area (Å²) in [5.74, 6) is 0.0101. The molecule has 1 saturated heterocycles. The van der Waals surface area contributed by atoms with E-state index in [-0.39, 0.29) is 17.9 Å². The number of likely N-dealkylation sites (tertiary alicyclic amines) is 1. The van der Waals surface area contributed by atoms with Crippen molar-refractivity contribution in [2.45, 2.75) is 45.3 Å². The first-order chi connectivity index (χ1) is 6.91. The highest BCUT2D eigenvalue weighted by Gasteiger charge is 2.30. The summed E-state index contributed by atoms with van der Waals surface area (Å²) in [6, 6.07) is 0.779. The molecule has 1 aliphatic heterocycles. The van der Waals surface area contributed by atoms with E-state index in [4.69, 9.17) is 5.73 Å². The van der Waals surface area contributed by atoms with Crippen molar-refractivity contribution in [3.63, 3.8) is 0 Å². The smallest absolute Gasteiger partial charge is 0.234 e. The lowest BCUT2D eigenvalue weighted by Crippen LogP contribution is -2.50. The number of nitrogens with one attached hydrogen (secondary N) is 1. The van der Waals surface area contributed by atoms with E-state index >= 15 is 0 Å². The summed E-state index contributed by atoms with van der Waals surface area (Å²) >= 11 is 0. The highest BCUT2D eigenvalue weighted by molar-refractivity contribution is 5.80. The van der Waals surface area contributed by atoms with Crippen LogP contribution in [0.15, 0.2) is 0 Å². The second-order valence-corrected chi connectivity index (χ2v) is 5.01. The predicted octanol–water partition coefficient (Wildman–Crippen LogP) is 0.179. The number of hydrogen-bond donors (Lipinski definition) is 2. The van der Waals surface area contributed by atoms with Crippen LogP contribution < -0.4 is 11.1 Å². The molecule has 3 unspecified atom stereocenters. The number of likely N-dealkylation sites (N-methyl/N-ethyl adjacent to an activating group) is 1. The standard InChI is InChI=1S/C11H23N3O/c1-7(2)10(11(12)15)13-9-5-8(3)14(4)6-9/h7-10,13H,5-6H2,1-4H3,(H2,12,15). The number of nitrogens with two attached hydrogens (primary N) is 1. The number of carbonyl (C=O) groups excluding carboxylic acids is 1. The van der Waals surface area contributed by atoms with E-state index in [1.807, 2.05) is 13.8 Å². The lowest BCUT2D eigenvalue weighted by molar-refractivity contribution is -0.121. The largest absolute Gasteiger partial charge is 0.368 e. The van der Waals surface area contributed by atoms with Gasteiger partial charge in [0.15, 0.2) is 0 Å². The fourth-order valence-electron chi connectivity index (χ4n) is 2.17. The molecule has 0 aromatic rings. The maximum Gasteiger partial charge on any atom is 0.234 e. The molecule has 0 spiro atoms. The van der Waals surface area contributed by atoms with Crippen LogP contribution in [0.25, 0.3) is 0 Å². The van der Waals surface area contributed by atoms with Crippen LogP contribution in [-0.4, -0.2) is 42.5 Å². The number of nitrogens with zero attached hydrogens (tertiary/aromatic N) is 1. The molecule has 0 saturated carbocycles. The zero-order valence-corrected chi connectivity index (χ0v) is 10.2. The van der Waals surface area contributed by atoms with Gasteiger partial charge in [-0.2, -0.15) is 0 Å². The second kappa shape index (κ2) is 4.94. The number of rotatable bonds is 4. The van der Waals surface area contributed by atoms with Gasteiger partial charge in [-0.25, -0.2) is 0 Å². The topological polar surface area (TPSA) is 58.4 Å². The molecule has 4 nitrogen and oxygen atoms in total. The maximum atomic E-state index is 11.2. The van der Waals surface area contributed by atoms with Crippen LogP contribution in [0.1, 0.15) is 27.2 Å². The van der Waals surface area contributed by atoms with Crippen molar-refractivity contribution in [3.05, 3.63) is 0 Å². The summed E-state index contributed by atoms with van der Waals surface area (Å²) in [4.78, 5) is 13.5. The third-order valence-electron chi connectivity index (χ3n) is 3.27. The highest BCUT2D eigenvalue weighted by Crippen LogP contribution is 2.16. The van der Waals surface area contributed by atoms with Gasteiger partial charge in [-0.15, -0.1) is 0 Å². The van der Waals surface area contributed by atoms with Gasteiger partial charge in [0.05, 0.1) is 6.04 Å². The van der Waals surface area contributed by atoms with Crippen LogP contribution in [0.5, 0.6) is 0 Å². The van der Waals surface area contributed by atoms with Gasteiger partial charge in [-0.05, 0) is 26.3 Å². The maximum absolute atomic E-state index is 11.2. The molecule has 88 valence electrons. The Hall–Kier alpha value is -0.610. The molecule has 1 aliphatic rings. The van der Waals surface area contributed by atoms with Gasteiger partial charge in [0, 0.05) is 18.6 Å². The Balaban J connectivity index is 2.50. The summed E-state index contributed by atoms with van der Waals surface area (Å²) in [5.41, 5.74) is 5.37. The van der Waals surface area contributed by atoms with Crippen LogP contribution in [0.4, 0.5) is 0 Å². The fourth-order valence-corrected chi connectivity index (χ4v) is 2.17. The molecule has 1 rings (SSSR count). The number of hydrogen-bond acceptors (Lipinski definition) is 3. The SMILES string of the molecule is CC(C)C(NC1CC(C)N(C)C1)C(N)=O. The van der Waals surface area contributed by atoms with E-state index in [2.05, 4.69) is 24.2 Å². The molecular weight excluding hydrogens is 190 g/mol. The quantitative estimate of drug-likeness (QED) is 0.700. The van der Waals surface area contributed by atoms with Crippen LogP contribution in [-0.2, 0) is 4.79 Å². The molecule has 0 radical (unpaired) electrons. The molecular formula is C11H23N3O. The third-order valence-corrected chi connectivity index (χ3v) is 3.27. The van der Waals surface area contributed by atoms with Crippen molar-refractivity contribution < 1.29 is 4.79 Å². The molecule has 1 amide bonds. The van der Waals surface area contributed by atoms with Crippen molar-refractivity contribution >= 4 is 5.91 Å².